The van der Waals surface area contributed by atoms with Crippen molar-refractivity contribution in [3.8, 4) is 0 Å². The molecule has 0 spiro atoms. The molecule has 2 nitrogen and oxygen atoms in total. The van der Waals surface area contributed by atoms with Gasteiger partial charge in [0.2, 0.25) is 0 Å². The van der Waals surface area contributed by atoms with Crippen LogP contribution in [0.2, 0.25) is 0 Å². The molecule has 0 bridgehead atoms. The Kier molecular flexibility index (Phi) is 7.56. The van der Waals surface area contributed by atoms with Gasteiger partial charge >= 0.3 is 0 Å². The van der Waals surface area contributed by atoms with E-state index >= 15 is 0 Å². The summed E-state index contributed by atoms with van der Waals surface area (Å²) in [5, 5.41) is 0. The lowest BCUT2D eigenvalue weighted by atomic mass is 9.90. The average molecular weight is 258 g/mol. The molecule has 0 amide bonds. The molecule has 102 valence electrons. The molecule has 0 aromatic heterocycles. The van der Waals surface area contributed by atoms with Crippen molar-refractivity contribution < 1.29 is 0 Å². The summed E-state index contributed by atoms with van der Waals surface area (Å²) in [6.45, 7) is 3.15. The van der Waals surface area contributed by atoms with Gasteiger partial charge in [0.05, 0.1) is 0 Å². The lowest BCUT2D eigenvalue weighted by Gasteiger charge is -2.37. The molecule has 1 aliphatic rings. The highest BCUT2D eigenvalue weighted by Crippen LogP contribution is 2.28. The highest BCUT2D eigenvalue weighted by atomic mass is 32.2. The van der Waals surface area contributed by atoms with Gasteiger partial charge in [-0.3, -0.25) is 4.90 Å². The first-order valence-corrected chi connectivity index (χ1v) is 8.51. The quantitative estimate of drug-likeness (QED) is 0.743. The molecular formula is C14H30N2S. The molecule has 3 heteroatoms. The van der Waals surface area contributed by atoms with Gasteiger partial charge in [0, 0.05) is 24.4 Å². The third-order valence-electron chi connectivity index (χ3n) is 4.31. The second-order valence-corrected chi connectivity index (χ2v) is 6.44. The molecule has 0 heterocycles. The lowest BCUT2D eigenvalue weighted by Crippen LogP contribution is -2.48. The van der Waals surface area contributed by atoms with Crippen molar-refractivity contribution in [1.82, 2.24) is 4.90 Å². The Morgan fingerprint density at radius 2 is 1.82 bits per heavy atom. The van der Waals surface area contributed by atoms with Crippen molar-refractivity contribution in [1.29, 1.82) is 0 Å². The topological polar surface area (TPSA) is 29.3 Å². The highest BCUT2D eigenvalue weighted by Gasteiger charge is 2.27. The Hall–Kier alpha value is 0.270. The normalized spacial score (nSPS) is 22.4. The number of hydrogen-bond donors (Lipinski definition) is 1. The van der Waals surface area contributed by atoms with Gasteiger partial charge in [-0.05, 0) is 39.0 Å². The van der Waals surface area contributed by atoms with Gasteiger partial charge in [0.15, 0.2) is 0 Å². The Morgan fingerprint density at radius 1 is 1.24 bits per heavy atom. The Labute approximate surface area is 112 Å². The number of hydrogen-bond acceptors (Lipinski definition) is 3. The zero-order valence-electron chi connectivity index (χ0n) is 11.8. The average Bonchev–Trinajstić information content (AvgIpc) is 2.59. The standard InChI is InChI=1S/C14H30N2S/c1-12(11-17-3)16(2)14(10-15)13-8-6-4-5-7-9-13/h12-14H,4-11,15H2,1-3H3. The SMILES string of the molecule is CSCC(C)N(C)C(CN)C1CCCCCC1. The molecular weight excluding hydrogens is 228 g/mol. The maximum absolute atomic E-state index is 6.04. The third kappa shape index (κ3) is 4.80. The molecule has 0 aromatic carbocycles. The van der Waals surface area contributed by atoms with Gasteiger partial charge in [0.25, 0.3) is 0 Å². The minimum atomic E-state index is 0.593. The molecule has 17 heavy (non-hydrogen) atoms. The van der Waals surface area contributed by atoms with Crippen LogP contribution in [0.25, 0.3) is 0 Å². The van der Waals surface area contributed by atoms with Crippen LogP contribution in [0, 0.1) is 5.92 Å². The van der Waals surface area contributed by atoms with Crippen LogP contribution in [0.4, 0.5) is 0 Å². The predicted molar refractivity (Wildman–Crippen MR) is 79.6 cm³/mol. The Bertz CT molecular complexity index is 191. The molecule has 1 fully saturated rings. The number of rotatable bonds is 6. The van der Waals surface area contributed by atoms with E-state index in [2.05, 4.69) is 25.1 Å². The minimum absolute atomic E-state index is 0.593. The zero-order valence-corrected chi connectivity index (χ0v) is 12.6. The van der Waals surface area contributed by atoms with Gasteiger partial charge < -0.3 is 5.73 Å². The summed E-state index contributed by atoms with van der Waals surface area (Å²) >= 11 is 1.93. The largest absolute Gasteiger partial charge is 0.329 e. The fourth-order valence-electron chi connectivity index (χ4n) is 3.07. The molecule has 0 aromatic rings. The fourth-order valence-corrected chi connectivity index (χ4v) is 3.79. The third-order valence-corrected chi connectivity index (χ3v) is 5.13. The summed E-state index contributed by atoms with van der Waals surface area (Å²) in [4.78, 5) is 2.53. The van der Waals surface area contributed by atoms with Crippen molar-refractivity contribution >= 4 is 11.8 Å². The number of nitrogens with zero attached hydrogens (tertiary/aromatic N) is 1. The van der Waals surface area contributed by atoms with Gasteiger partial charge in [-0.1, -0.05) is 25.7 Å². The number of thioether (sulfide) groups is 1. The molecule has 0 radical (unpaired) electrons. The van der Waals surface area contributed by atoms with Gasteiger partial charge in [-0.2, -0.15) is 11.8 Å². The lowest BCUT2D eigenvalue weighted by molar-refractivity contribution is 0.136. The zero-order chi connectivity index (χ0) is 12.7. The molecule has 1 aliphatic carbocycles. The van der Waals surface area contributed by atoms with Crippen molar-refractivity contribution in [2.45, 2.75) is 57.5 Å². The van der Waals surface area contributed by atoms with E-state index in [0.717, 1.165) is 12.5 Å². The van der Waals surface area contributed by atoms with E-state index in [9.17, 15) is 0 Å². The number of nitrogens with two attached hydrogens (primary N) is 1. The van der Waals surface area contributed by atoms with Crippen molar-refractivity contribution in [3.63, 3.8) is 0 Å². The summed E-state index contributed by atoms with van der Waals surface area (Å²) in [6.07, 6.45) is 10.6. The van der Waals surface area contributed by atoms with Crippen LogP contribution in [-0.2, 0) is 0 Å². The van der Waals surface area contributed by atoms with E-state index in [0.29, 0.717) is 12.1 Å². The fraction of sp³-hybridized carbons (Fsp3) is 1.00. The molecule has 0 aliphatic heterocycles. The summed E-state index contributed by atoms with van der Waals surface area (Å²) in [5.74, 6) is 2.04. The van der Waals surface area contributed by atoms with Gasteiger partial charge in [-0.15, -0.1) is 0 Å². The molecule has 1 saturated carbocycles. The monoisotopic (exact) mass is 258 g/mol. The van der Waals surface area contributed by atoms with Crippen LogP contribution in [0.3, 0.4) is 0 Å². The maximum Gasteiger partial charge on any atom is 0.0246 e. The Balaban J connectivity index is 2.54. The number of likely N-dealkylation sites (N-methyl/N-ethyl adjacent to an activating group) is 1. The summed E-state index contributed by atoms with van der Waals surface area (Å²) in [7, 11) is 2.27. The van der Waals surface area contributed by atoms with E-state index in [1.165, 1.54) is 44.3 Å². The smallest absolute Gasteiger partial charge is 0.0246 e. The van der Waals surface area contributed by atoms with Crippen molar-refractivity contribution in [2.75, 3.05) is 25.6 Å². The van der Waals surface area contributed by atoms with Crippen molar-refractivity contribution in [2.24, 2.45) is 11.7 Å². The highest BCUT2D eigenvalue weighted by molar-refractivity contribution is 7.98. The second-order valence-electron chi connectivity index (χ2n) is 5.52. The van der Waals surface area contributed by atoms with E-state index < -0.39 is 0 Å². The van der Waals surface area contributed by atoms with Crippen LogP contribution in [0.1, 0.15) is 45.4 Å². The van der Waals surface area contributed by atoms with Crippen molar-refractivity contribution in [3.05, 3.63) is 0 Å². The summed E-state index contributed by atoms with van der Waals surface area (Å²) < 4.78 is 0. The van der Waals surface area contributed by atoms with E-state index in [-0.39, 0.29) is 0 Å². The Morgan fingerprint density at radius 3 is 2.29 bits per heavy atom. The van der Waals surface area contributed by atoms with Crippen LogP contribution in [-0.4, -0.2) is 42.6 Å². The molecule has 0 saturated heterocycles. The van der Waals surface area contributed by atoms with Crippen LogP contribution in [0.5, 0.6) is 0 Å². The molecule has 2 atom stereocenters. The van der Waals surface area contributed by atoms with Crippen LogP contribution >= 0.6 is 11.8 Å². The molecule has 2 unspecified atom stereocenters. The van der Waals surface area contributed by atoms with E-state index in [1.807, 2.05) is 11.8 Å². The second kappa shape index (κ2) is 8.39. The molecule has 2 N–H and O–H groups in total. The summed E-state index contributed by atoms with van der Waals surface area (Å²) in [5.41, 5.74) is 6.04. The maximum atomic E-state index is 6.04. The minimum Gasteiger partial charge on any atom is -0.329 e. The first-order valence-electron chi connectivity index (χ1n) is 7.11. The predicted octanol–water partition coefficient (Wildman–Crippen LogP) is 2.97. The van der Waals surface area contributed by atoms with Crippen LogP contribution < -0.4 is 5.73 Å². The van der Waals surface area contributed by atoms with E-state index in [1.54, 1.807) is 0 Å². The van der Waals surface area contributed by atoms with E-state index in [4.69, 9.17) is 5.73 Å². The first-order chi connectivity index (χ1) is 8.20. The molecule has 1 rings (SSSR count). The van der Waals surface area contributed by atoms with Gasteiger partial charge in [0.1, 0.15) is 0 Å². The first kappa shape index (κ1) is 15.3. The summed E-state index contributed by atoms with van der Waals surface area (Å²) in [6, 6.07) is 1.23. The van der Waals surface area contributed by atoms with Gasteiger partial charge in [-0.25, -0.2) is 0 Å². The van der Waals surface area contributed by atoms with Crippen LogP contribution in [0.15, 0.2) is 0 Å².